The average molecular weight is 291 g/mol. The first-order valence-electron chi connectivity index (χ1n) is 6.85. The largest absolute Gasteiger partial charge is 0.469 e. The molecule has 2 atom stereocenters. The van der Waals surface area contributed by atoms with Crippen LogP contribution in [0.2, 0.25) is 0 Å². The molecule has 7 nitrogen and oxygen atoms in total. The SMILES string of the molecule is Cc1noc([C@@H]2[C@@H](C)OCCN2C(=O)c2ccoc2C)n1. The average Bonchev–Trinajstić information content (AvgIpc) is 3.06. The fourth-order valence-corrected chi connectivity index (χ4v) is 2.58. The highest BCUT2D eigenvalue weighted by molar-refractivity contribution is 5.95. The van der Waals surface area contributed by atoms with Gasteiger partial charge in [0.25, 0.3) is 11.8 Å². The summed E-state index contributed by atoms with van der Waals surface area (Å²) < 4.78 is 16.1. The van der Waals surface area contributed by atoms with Crippen molar-refractivity contribution in [3.05, 3.63) is 35.4 Å². The van der Waals surface area contributed by atoms with Gasteiger partial charge in [0.15, 0.2) is 5.82 Å². The molecule has 3 heterocycles. The third kappa shape index (κ3) is 2.44. The van der Waals surface area contributed by atoms with Gasteiger partial charge in [0, 0.05) is 6.54 Å². The molecular formula is C14H17N3O4. The van der Waals surface area contributed by atoms with Gasteiger partial charge in [-0.2, -0.15) is 4.98 Å². The lowest BCUT2D eigenvalue weighted by molar-refractivity contribution is -0.0601. The lowest BCUT2D eigenvalue weighted by Gasteiger charge is -2.37. The van der Waals surface area contributed by atoms with Crippen molar-refractivity contribution in [2.45, 2.75) is 32.9 Å². The van der Waals surface area contributed by atoms with Crippen molar-refractivity contribution in [2.75, 3.05) is 13.2 Å². The summed E-state index contributed by atoms with van der Waals surface area (Å²) in [5.41, 5.74) is 0.547. The van der Waals surface area contributed by atoms with Crippen LogP contribution in [0, 0.1) is 13.8 Å². The summed E-state index contributed by atoms with van der Waals surface area (Å²) >= 11 is 0. The van der Waals surface area contributed by atoms with E-state index in [9.17, 15) is 4.79 Å². The van der Waals surface area contributed by atoms with Crippen LogP contribution < -0.4 is 0 Å². The van der Waals surface area contributed by atoms with E-state index in [2.05, 4.69) is 10.1 Å². The monoisotopic (exact) mass is 291 g/mol. The van der Waals surface area contributed by atoms with Crippen LogP contribution >= 0.6 is 0 Å². The summed E-state index contributed by atoms with van der Waals surface area (Å²) in [6, 6.07) is 1.29. The van der Waals surface area contributed by atoms with E-state index < -0.39 is 0 Å². The maximum atomic E-state index is 12.7. The van der Waals surface area contributed by atoms with Crippen LogP contribution in [0.1, 0.15) is 40.8 Å². The van der Waals surface area contributed by atoms with Crippen LogP contribution in [0.15, 0.2) is 21.3 Å². The Balaban J connectivity index is 1.94. The first-order chi connectivity index (χ1) is 10.1. The molecule has 7 heteroatoms. The summed E-state index contributed by atoms with van der Waals surface area (Å²) in [5.74, 6) is 1.42. The smallest absolute Gasteiger partial charge is 0.258 e. The summed E-state index contributed by atoms with van der Waals surface area (Å²) in [6.07, 6.45) is 1.30. The highest BCUT2D eigenvalue weighted by atomic mass is 16.5. The fourth-order valence-electron chi connectivity index (χ4n) is 2.58. The Bertz CT molecular complexity index is 648. The molecule has 0 aromatic carbocycles. The van der Waals surface area contributed by atoms with E-state index in [0.717, 1.165) is 0 Å². The molecule has 1 aliphatic rings. The lowest BCUT2D eigenvalue weighted by Crippen LogP contribution is -2.47. The molecule has 3 rings (SSSR count). The van der Waals surface area contributed by atoms with Crippen molar-refractivity contribution in [1.82, 2.24) is 15.0 Å². The molecular weight excluding hydrogens is 274 g/mol. The molecule has 0 saturated carbocycles. The van der Waals surface area contributed by atoms with Gasteiger partial charge in [0.2, 0.25) is 0 Å². The maximum absolute atomic E-state index is 12.7. The third-order valence-corrected chi connectivity index (χ3v) is 3.64. The predicted octanol–water partition coefficient (Wildman–Crippen LogP) is 1.88. The van der Waals surface area contributed by atoms with Gasteiger partial charge in [0.05, 0.1) is 24.5 Å². The van der Waals surface area contributed by atoms with E-state index in [4.69, 9.17) is 13.7 Å². The van der Waals surface area contributed by atoms with Gasteiger partial charge in [0.1, 0.15) is 11.8 Å². The van der Waals surface area contributed by atoms with Crippen molar-refractivity contribution in [1.29, 1.82) is 0 Å². The van der Waals surface area contributed by atoms with Crippen molar-refractivity contribution < 1.29 is 18.5 Å². The summed E-state index contributed by atoms with van der Waals surface area (Å²) in [6.45, 7) is 6.36. The van der Waals surface area contributed by atoms with E-state index >= 15 is 0 Å². The standard InChI is InChI=1S/C14H17N3O4/c1-8-11(4-6-19-8)14(18)17-5-7-20-9(2)12(17)13-15-10(3)16-21-13/h4,6,9,12H,5,7H2,1-3H3/t9-,12+/m1/s1. The second-order valence-electron chi connectivity index (χ2n) is 5.09. The summed E-state index contributed by atoms with van der Waals surface area (Å²) in [4.78, 5) is 18.7. The van der Waals surface area contributed by atoms with Crippen molar-refractivity contribution >= 4 is 5.91 Å². The molecule has 2 aromatic rings. The number of aromatic nitrogens is 2. The molecule has 112 valence electrons. The van der Waals surface area contributed by atoms with Crippen LogP contribution in [0.3, 0.4) is 0 Å². The topological polar surface area (TPSA) is 81.6 Å². The number of furan rings is 1. The number of hydrogen-bond acceptors (Lipinski definition) is 6. The molecule has 1 aliphatic heterocycles. The summed E-state index contributed by atoms with van der Waals surface area (Å²) in [5, 5.41) is 3.80. The molecule has 21 heavy (non-hydrogen) atoms. The predicted molar refractivity (Wildman–Crippen MR) is 71.7 cm³/mol. The Hall–Kier alpha value is -2.15. The molecule has 0 spiro atoms. The van der Waals surface area contributed by atoms with Crippen LogP contribution in [0.4, 0.5) is 0 Å². The van der Waals surface area contributed by atoms with Crippen LogP contribution in [0.25, 0.3) is 0 Å². The number of aryl methyl sites for hydroxylation is 2. The molecule has 0 aliphatic carbocycles. The van der Waals surface area contributed by atoms with Crippen molar-refractivity contribution in [3.63, 3.8) is 0 Å². The van der Waals surface area contributed by atoms with Gasteiger partial charge in [-0.1, -0.05) is 5.16 Å². The molecule has 1 fully saturated rings. The highest BCUT2D eigenvalue weighted by Gasteiger charge is 2.38. The zero-order chi connectivity index (χ0) is 15.0. The first-order valence-corrected chi connectivity index (χ1v) is 6.85. The number of hydrogen-bond donors (Lipinski definition) is 0. The molecule has 0 radical (unpaired) electrons. The number of carbonyl (C=O) groups excluding carboxylic acids is 1. The normalized spacial score (nSPS) is 22.5. The Morgan fingerprint density at radius 3 is 2.86 bits per heavy atom. The van der Waals surface area contributed by atoms with E-state index in [0.29, 0.717) is 36.2 Å². The van der Waals surface area contributed by atoms with Crippen molar-refractivity contribution in [2.24, 2.45) is 0 Å². The molecule has 2 aromatic heterocycles. The summed E-state index contributed by atoms with van der Waals surface area (Å²) in [7, 11) is 0. The number of carbonyl (C=O) groups is 1. The van der Waals surface area contributed by atoms with Crippen molar-refractivity contribution in [3.8, 4) is 0 Å². The molecule has 1 saturated heterocycles. The minimum atomic E-state index is -0.387. The Morgan fingerprint density at radius 1 is 1.43 bits per heavy atom. The van der Waals surface area contributed by atoms with E-state index in [-0.39, 0.29) is 18.1 Å². The zero-order valence-electron chi connectivity index (χ0n) is 12.2. The Kier molecular flexibility index (Phi) is 3.50. The van der Waals surface area contributed by atoms with Gasteiger partial charge in [-0.3, -0.25) is 4.79 Å². The minimum absolute atomic E-state index is 0.114. The van der Waals surface area contributed by atoms with E-state index in [1.165, 1.54) is 6.26 Å². The quantitative estimate of drug-likeness (QED) is 0.840. The van der Waals surface area contributed by atoms with Gasteiger partial charge in [-0.05, 0) is 26.8 Å². The molecule has 0 unspecified atom stereocenters. The number of nitrogens with zero attached hydrogens (tertiary/aromatic N) is 3. The highest BCUT2D eigenvalue weighted by Crippen LogP contribution is 2.30. The van der Waals surface area contributed by atoms with E-state index in [1.807, 2.05) is 6.92 Å². The molecule has 0 bridgehead atoms. The van der Waals surface area contributed by atoms with Crippen LogP contribution in [0.5, 0.6) is 0 Å². The second kappa shape index (κ2) is 5.33. The molecule has 0 N–H and O–H groups in total. The Labute approximate surface area is 121 Å². The zero-order valence-corrected chi connectivity index (χ0v) is 12.2. The number of ether oxygens (including phenoxy) is 1. The lowest BCUT2D eigenvalue weighted by atomic mass is 10.1. The Morgan fingerprint density at radius 2 is 2.24 bits per heavy atom. The third-order valence-electron chi connectivity index (χ3n) is 3.64. The minimum Gasteiger partial charge on any atom is -0.469 e. The number of amides is 1. The number of morpholine rings is 1. The van der Waals surface area contributed by atoms with E-state index in [1.54, 1.807) is 24.8 Å². The number of rotatable bonds is 2. The van der Waals surface area contributed by atoms with Crippen LogP contribution in [-0.2, 0) is 4.74 Å². The van der Waals surface area contributed by atoms with Gasteiger partial charge < -0.3 is 18.6 Å². The van der Waals surface area contributed by atoms with Gasteiger partial charge in [-0.25, -0.2) is 0 Å². The van der Waals surface area contributed by atoms with Gasteiger partial charge in [-0.15, -0.1) is 0 Å². The van der Waals surface area contributed by atoms with Crippen LogP contribution in [-0.4, -0.2) is 40.2 Å². The first kappa shape index (κ1) is 13.8. The second-order valence-corrected chi connectivity index (χ2v) is 5.09. The molecule has 1 amide bonds. The maximum Gasteiger partial charge on any atom is 0.258 e. The fraction of sp³-hybridized carbons (Fsp3) is 0.500. The van der Waals surface area contributed by atoms with Gasteiger partial charge >= 0.3 is 0 Å².